The summed E-state index contributed by atoms with van der Waals surface area (Å²) >= 11 is 0. The molecule has 1 aliphatic heterocycles. The first kappa shape index (κ1) is 17.0. The smallest absolute Gasteiger partial charge is 0.334 e. The minimum Gasteiger partial charge on any atom is -0.334 e. The molecule has 0 amide bonds. The summed E-state index contributed by atoms with van der Waals surface area (Å²) < 4.78 is 40.8. The Bertz CT molecular complexity index is 1050. The lowest BCUT2D eigenvalue weighted by atomic mass is 10.1. The molecule has 2 aliphatic rings. The molecule has 1 aromatic heterocycles. The maximum absolute atomic E-state index is 13.1. The van der Waals surface area contributed by atoms with Gasteiger partial charge in [-0.1, -0.05) is 12.1 Å². The molecule has 142 valence electrons. The Morgan fingerprint density at radius 3 is 2.36 bits per heavy atom. The molecule has 1 aliphatic carbocycles. The van der Waals surface area contributed by atoms with Crippen LogP contribution in [0.1, 0.15) is 30.1 Å². The van der Waals surface area contributed by atoms with Gasteiger partial charge in [0.15, 0.2) is 5.69 Å². The molecule has 0 radical (unpaired) electrons. The third-order valence-corrected chi connectivity index (χ3v) is 5.10. The van der Waals surface area contributed by atoms with Crippen molar-refractivity contribution in [3.8, 4) is 5.69 Å². The van der Waals surface area contributed by atoms with Crippen LogP contribution in [0.25, 0.3) is 5.69 Å². The predicted molar refractivity (Wildman–Crippen MR) is 102 cm³/mol. The summed E-state index contributed by atoms with van der Waals surface area (Å²) in [5.41, 5.74) is 3.31. The van der Waals surface area contributed by atoms with Crippen molar-refractivity contribution in [1.82, 2.24) is 9.78 Å². The van der Waals surface area contributed by atoms with E-state index in [0.29, 0.717) is 17.9 Å². The molecule has 28 heavy (non-hydrogen) atoms. The summed E-state index contributed by atoms with van der Waals surface area (Å²) in [6.45, 7) is 0.643. The number of aliphatic imine (C=N–C) groups is 1. The highest BCUT2D eigenvalue weighted by Gasteiger charge is 2.38. The van der Waals surface area contributed by atoms with Gasteiger partial charge in [-0.05, 0) is 55.3 Å². The highest BCUT2D eigenvalue weighted by molar-refractivity contribution is 5.86. The molecule has 3 aromatic rings. The first-order chi connectivity index (χ1) is 13.5. The van der Waals surface area contributed by atoms with Crippen molar-refractivity contribution in [2.24, 2.45) is 4.99 Å². The predicted octanol–water partition coefficient (Wildman–Crippen LogP) is 5.62. The van der Waals surface area contributed by atoms with Crippen LogP contribution in [0.2, 0.25) is 0 Å². The van der Waals surface area contributed by atoms with Crippen LogP contribution in [0.15, 0.2) is 59.6 Å². The Morgan fingerprint density at radius 1 is 0.929 bits per heavy atom. The lowest BCUT2D eigenvalue weighted by Crippen LogP contribution is -2.21. The molecule has 2 heterocycles. The molecule has 4 nitrogen and oxygen atoms in total. The molecule has 0 bridgehead atoms. The molecule has 7 heteroatoms. The normalized spacial score (nSPS) is 16.3. The fraction of sp³-hybridized carbons (Fsp3) is 0.238. The fourth-order valence-corrected chi connectivity index (χ4v) is 3.55. The lowest BCUT2D eigenvalue weighted by Gasteiger charge is -2.27. The van der Waals surface area contributed by atoms with Gasteiger partial charge in [0.2, 0.25) is 0 Å². The van der Waals surface area contributed by atoms with Gasteiger partial charge in [-0.2, -0.15) is 18.3 Å². The van der Waals surface area contributed by atoms with Crippen LogP contribution in [-0.2, 0) is 6.18 Å². The highest BCUT2D eigenvalue weighted by Crippen LogP contribution is 2.43. The summed E-state index contributed by atoms with van der Waals surface area (Å²) in [6.07, 6.45) is -0.772. The number of halogens is 3. The van der Waals surface area contributed by atoms with Crippen LogP contribution in [0.5, 0.6) is 0 Å². The van der Waals surface area contributed by atoms with Crippen LogP contribution in [0, 0.1) is 0 Å². The minimum absolute atomic E-state index is 0.161. The number of nitrogens with zero attached hydrogens (tertiary/aromatic N) is 4. The van der Waals surface area contributed by atoms with Gasteiger partial charge in [-0.3, -0.25) is 4.99 Å². The molecular weight excluding hydrogens is 365 g/mol. The van der Waals surface area contributed by atoms with Gasteiger partial charge in [0.05, 0.1) is 23.6 Å². The number of aromatic nitrogens is 2. The van der Waals surface area contributed by atoms with Crippen molar-refractivity contribution in [2.45, 2.75) is 24.9 Å². The van der Waals surface area contributed by atoms with E-state index in [1.165, 1.54) is 10.7 Å². The number of anilines is 2. The van der Waals surface area contributed by atoms with Crippen LogP contribution in [0.3, 0.4) is 0 Å². The van der Waals surface area contributed by atoms with Crippen LogP contribution >= 0.6 is 0 Å². The van der Waals surface area contributed by atoms with Crippen molar-refractivity contribution >= 4 is 23.3 Å². The van der Waals surface area contributed by atoms with Gasteiger partial charge < -0.3 is 4.90 Å². The topological polar surface area (TPSA) is 33.4 Å². The molecule has 0 unspecified atom stereocenters. The summed E-state index contributed by atoms with van der Waals surface area (Å²) in [7, 11) is 0. The Morgan fingerprint density at radius 2 is 1.64 bits per heavy atom. The van der Waals surface area contributed by atoms with Crippen molar-refractivity contribution in [3.63, 3.8) is 0 Å². The Hall–Kier alpha value is -3.09. The summed E-state index contributed by atoms with van der Waals surface area (Å²) in [4.78, 5) is 6.53. The van der Waals surface area contributed by atoms with Gasteiger partial charge in [-0.25, -0.2) is 4.68 Å². The average molecular weight is 382 g/mol. The molecule has 0 N–H and O–H groups in total. The molecule has 1 fully saturated rings. The van der Waals surface area contributed by atoms with Crippen molar-refractivity contribution in [1.29, 1.82) is 0 Å². The van der Waals surface area contributed by atoms with Crippen molar-refractivity contribution < 1.29 is 13.2 Å². The largest absolute Gasteiger partial charge is 0.435 e. The van der Waals surface area contributed by atoms with E-state index in [4.69, 9.17) is 0 Å². The number of benzene rings is 2. The van der Waals surface area contributed by atoms with E-state index >= 15 is 0 Å². The van der Waals surface area contributed by atoms with E-state index in [1.807, 2.05) is 54.7 Å². The van der Waals surface area contributed by atoms with E-state index < -0.39 is 11.9 Å². The first-order valence-corrected chi connectivity index (χ1v) is 9.17. The van der Waals surface area contributed by atoms with E-state index in [1.54, 1.807) is 0 Å². The molecule has 5 rings (SSSR count). The van der Waals surface area contributed by atoms with Crippen LogP contribution < -0.4 is 4.90 Å². The second kappa shape index (κ2) is 6.22. The van der Waals surface area contributed by atoms with Crippen LogP contribution in [0.4, 0.5) is 30.2 Å². The maximum Gasteiger partial charge on any atom is 0.435 e. The molecule has 2 aromatic carbocycles. The number of alkyl halides is 3. The standard InChI is InChI=1S/C21H17F3N4/c22-21(23,24)20-13-19(14-5-6-14)28(26-20)16-9-7-15(8-10-16)27-12-11-25-17-3-1-2-4-18(17)27/h1-4,7-11,13-14H,5-6,12H2. The van der Waals surface area contributed by atoms with Crippen molar-refractivity contribution in [3.05, 3.63) is 66.0 Å². The van der Waals surface area contributed by atoms with Gasteiger partial charge >= 0.3 is 6.18 Å². The van der Waals surface area contributed by atoms with E-state index in [-0.39, 0.29) is 5.92 Å². The van der Waals surface area contributed by atoms with Gasteiger partial charge in [0.1, 0.15) is 0 Å². The van der Waals surface area contributed by atoms with Gasteiger partial charge in [0, 0.05) is 23.5 Å². The number of hydrogen-bond acceptors (Lipinski definition) is 3. The van der Waals surface area contributed by atoms with E-state index in [2.05, 4.69) is 15.0 Å². The number of hydrogen-bond donors (Lipinski definition) is 0. The quantitative estimate of drug-likeness (QED) is 0.589. The van der Waals surface area contributed by atoms with E-state index in [9.17, 15) is 13.2 Å². The zero-order chi connectivity index (χ0) is 19.3. The second-order valence-electron chi connectivity index (χ2n) is 7.07. The maximum atomic E-state index is 13.1. The first-order valence-electron chi connectivity index (χ1n) is 9.17. The molecular formula is C21H17F3N4. The number of rotatable bonds is 3. The Kier molecular flexibility index (Phi) is 3.79. The minimum atomic E-state index is -4.44. The molecule has 1 saturated carbocycles. The Balaban J connectivity index is 1.50. The SMILES string of the molecule is FC(F)(F)c1cc(C2CC2)n(-c2ccc(N3CC=Nc4ccccc43)cc2)n1. The molecule has 0 atom stereocenters. The summed E-state index contributed by atoms with van der Waals surface area (Å²) in [5.74, 6) is 0.161. The van der Waals surface area contributed by atoms with Crippen molar-refractivity contribution in [2.75, 3.05) is 11.4 Å². The molecule has 0 saturated heterocycles. The van der Waals surface area contributed by atoms with E-state index in [0.717, 1.165) is 29.9 Å². The van der Waals surface area contributed by atoms with Gasteiger partial charge in [0.25, 0.3) is 0 Å². The van der Waals surface area contributed by atoms with Gasteiger partial charge in [-0.15, -0.1) is 0 Å². The number of fused-ring (bicyclic) bond motifs is 1. The molecule has 0 spiro atoms. The highest BCUT2D eigenvalue weighted by atomic mass is 19.4. The summed E-state index contributed by atoms with van der Waals surface area (Å²) in [6, 6.07) is 16.5. The lowest BCUT2D eigenvalue weighted by molar-refractivity contribution is -0.141. The third kappa shape index (κ3) is 2.96. The Labute approximate surface area is 159 Å². The zero-order valence-corrected chi connectivity index (χ0v) is 14.9. The fourth-order valence-electron chi connectivity index (χ4n) is 3.55. The van der Waals surface area contributed by atoms with Crippen LogP contribution in [-0.4, -0.2) is 22.5 Å². The number of para-hydroxylation sites is 2. The second-order valence-corrected chi connectivity index (χ2v) is 7.07. The average Bonchev–Trinajstić information content (AvgIpc) is 3.44. The zero-order valence-electron chi connectivity index (χ0n) is 14.9. The monoisotopic (exact) mass is 382 g/mol. The summed E-state index contributed by atoms with van der Waals surface area (Å²) in [5, 5.41) is 3.85. The third-order valence-electron chi connectivity index (χ3n) is 5.10.